The van der Waals surface area contributed by atoms with Crippen molar-refractivity contribution in [3.8, 4) is 0 Å². The Kier molecular flexibility index (Phi) is 2.74. The van der Waals surface area contributed by atoms with Gasteiger partial charge >= 0.3 is 0 Å². The summed E-state index contributed by atoms with van der Waals surface area (Å²) in [5, 5.41) is 3.35. The number of nitrogens with one attached hydrogen (secondary N) is 1. The maximum atomic E-state index is 4.07. The molecule has 0 aromatic heterocycles. The number of hydrogen-bond acceptors (Lipinski definition) is 1. The topological polar surface area (TPSA) is 12.0 Å². The normalized spacial score (nSPS) is 16.6. The zero-order valence-electron chi connectivity index (χ0n) is 7.98. The van der Waals surface area contributed by atoms with E-state index in [1.807, 2.05) is 6.08 Å². The molecule has 1 nitrogen and oxygen atoms in total. The van der Waals surface area contributed by atoms with Crippen LogP contribution in [0.15, 0.2) is 36.1 Å². The summed E-state index contributed by atoms with van der Waals surface area (Å²) in [4.78, 5) is 0. The lowest BCUT2D eigenvalue weighted by Crippen LogP contribution is -2.11. The van der Waals surface area contributed by atoms with Gasteiger partial charge in [-0.3, -0.25) is 0 Å². The monoisotopic (exact) mass is 163 g/mol. The molecule has 66 valence electrons. The van der Waals surface area contributed by atoms with Gasteiger partial charge in [0.15, 0.2) is 0 Å². The van der Waals surface area contributed by atoms with Crippen LogP contribution in [-0.2, 0) is 0 Å². The fraction of sp³-hybridized carbons (Fsp3) is 0.455. The van der Waals surface area contributed by atoms with E-state index in [4.69, 9.17) is 0 Å². The Morgan fingerprint density at radius 3 is 2.75 bits per heavy atom. The molecule has 1 heteroatoms. The van der Waals surface area contributed by atoms with Crippen molar-refractivity contribution < 1.29 is 0 Å². The van der Waals surface area contributed by atoms with E-state index in [0.29, 0.717) is 5.92 Å². The maximum Gasteiger partial charge on any atom is 0.0402 e. The van der Waals surface area contributed by atoms with Crippen LogP contribution >= 0.6 is 0 Å². The van der Waals surface area contributed by atoms with E-state index < -0.39 is 0 Å². The highest BCUT2D eigenvalue weighted by Gasteiger charge is 2.15. The third kappa shape index (κ3) is 1.60. The highest BCUT2D eigenvalue weighted by Crippen LogP contribution is 2.24. The molecule has 1 heterocycles. The molecule has 0 fully saturated rings. The van der Waals surface area contributed by atoms with Crippen LogP contribution in [0.2, 0.25) is 0 Å². The molecule has 0 amide bonds. The summed E-state index contributed by atoms with van der Waals surface area (Å²) in [6.45, 7) is 13.2. The van der Waals surface area contributed by atoms with Crippen molar-refractivity contribution >= 4 is 0 Å². The average molecular weight is 163 g/mol. The highest BCUT2D eigenvalue weighted by atomic mass is 14.9. The molecule has 0 bridgehead atoms. The molecule has 12 heavy (non-hydrogen) atoms. The van der Waals surface area contributed by atoms with Crippen LogP contribution in [0.5, 0.6) is 0 Å². The molecule has 1 rings (SSSR count). The van der Waals surface area contributed by atoms with Gasteiger partial charge in [0.05, 0.1) is 0 Å². The van der Waals surface area contributed by atoms with Crippen LogP contribution in [0.3, 0.4) is 0 Å². The Labute approximate surface area is 74.9 Å². The standard InChI is InChI=1S/C11H17N/c1-5-10-6-7-12-11(10)9(4)8(2)3/h5,8,12H,1,4,6-7H2,2-3H3. The fourth-order valence-corrected chi connectivity index (χ4v) is 1.37. The van der Waals surface area contributed by atoms with E-state index in [0.717, 1.165) is 13.0 Å². The van der Waals surface area contributed by atoms with E-state index in [-0.39, 0.29) is 0 Å². The quantitative estimate of drug-likeness (QED) is 0.674. The van der Waals surface area contributed by atoms with E-state index in [9.17, 15) is 0 Å². The van der Waals surface area contributed by atoms with Gasteiger partial charge in [-0.05, 0) is 23.5 Å². The molecule has 0 saturated carbocycles. The van der Waals surface area contributed by atoms with Gasteiger partial charge in [0.2, 0.25) is 0 Å². The van der Waals surface area contributed by atoms with Crippen molar-refractivity contribution in [2.75, 3.05) is 6.54 Å². The van der Waals surface area contributed by atoms with Gasteiger partial charge in [-0.2, -0.15) is 0 Å². The minimum Gasteiger partial charge on any atom is -0.384 e. The molecular formula is C11H17N. The van der Waals surface area contributed by atoms with E-state index in [2.05, 4.69) is 32.3 Å². The van der Waals surface area contributed by atoms with Gasteiger partial charge in [0.1, 0.15) is 0 Å². The molecule has 0 aromatic rings. The summed E-state index contributed by atoms with van der Waals surface area (Å²) in [7, 11) is 0. The second kappa shape index (κ2) is 3.61. The van der Waals surface area contributed by atoms with Crippen LogP contribution < -0.4 is 5.32 Å². The SMILES string of the molecule is C=CC1=C(C(=C)C(C)C)NCC1. The minimum atomic E-state index is 0.514. The first-order valence-corrected chi connectivity index (χ1v) is 4.45. The second-order valence-electron chi connectivity index (χ2n) is 3.46. The molecule has 0 radical (unpaired) electrons. The highest BCUT2D eigenvalue weighted by molar-refractivity contribution is 5.40. The lowest BCUT2D eigenvalue weighted by atomic mass is 9.99. The molecule has 1 aliphatic heterocycles. The average Bonchev–Trinajstić information content (AvgIpc) is 2.49. The van der Waals surface area contributed by atoms with Crippen molar-refractivity contribution in [2.45, 2.75) is 20.3 Å². The molecule has 1 aliphatic rings. The zero-order valence-corrected chi connectivity index (χ0v) is 7.98. The predicted molar refractivity (Wildman–Crippen MR) is 53.8 cm³/mol. The molecule has 0 saturated heterocycles. The van der Waals surface area contributed by atoms with Crippen LogP contribution in [0.25, 0.3) is 0 Å². The van der Waals surface area contributed by atoms with Crippen molar-refractivity contribution in [3.63, 3.8) is 0 Å². The van der Waals surface area contributed by atoms with E-state index in [1.165, 1.54) is 16.8 Å². The molecular weight excluding hydrogens is 146 g/mol. The Hall–Kier alpha value is -0.980. The molecule has 0 aromatic carbocycles. The smallest absolute Gasteiger partial charge is 0.0402 e. The van der Waals surface area contributed by atoms with Crippen molar-refractivity contribution in [2.24, 2.45) is 5.92 Å². The number of hydrogen-bond donors (Lipinski definition) is 1. The lowest BCUT2D eigenvalue weighted by molar-refractivity contribution is 0.752. The van der Waals surface area contributed by atoms with Gasteiger partial charge in [-0.15, -0.1) is 0 Å². The Balaban J connectivity index is 2.85. The Morgan fingerprint density at radius 1 is 1.58 bits per heavy atom. The first-order valence-electron chi connectivity index (χ1n) is 4.45. The molecule has 1 N–H and O–H groups in total. The largest absolute Gasteiger partial charge is 0.384 e. The Morgan fingerprint density at radius 2 is 2.25 bits per heavy atom. The van der Waals surface area contributed by atoms with Crippen LogP contribution in [0.1, 0.15) is 20.3 Å². The van der Waals surface area contributed by atoms with Crippen molar-refractivity contribution in [3.05, 3.63) is 36.1 Å². The minimum absolute atomic E-state index is 0.514. The fourth-order valence-electron chi connectivity index (χ4n) is 1.37. The van der Waals surface area contributed by atoms with Gasteiger partial charge < -0.3 is 5.32 Å². The zero-order chi connectivity index (χ0) is 9.14. The van der Waals surface area contributed by atoms with Gasteiger partial charge in [-0.1, -0.05) is 33.1 Å². The summed E-state index contributed by atoms with van der Waals surface area (Å²) >= 11 is 0. The van der Waals surface area contributed by atoms with Crippen LogP contribution in [0, 0.1) is 5.92 Å². The first-order chi connectivity index (χ1) is 5.66. The van der Waals surface area contributed by atoms with Gasteiger partial charge in [0.25, 0.3) is 0 Å². The maximum absolute atomic E-state index is 4.07. The first kappa shape index (κ1) is 9.11. The summed E-state index contributed by atoms with van der Waals surface area (Å²) < 4.78 is 0. The van der Waals surface area contributed by atoms with Gasteiger partial charge in [-0.25, -0.2) is 0 Å². The van der Waals surface area contributed by atoms with E-state index in [1.54, 1.807) is 0 Å². The molecule has 0 atom stereocenters. The van der Waals surface area contributed by atoms with Crippen molar-refractivity contribution in [1.29, 1.82) is 0 Å². The summed E-state index contributed by atoms with van der Waals surface area (Å²) in [6, 6.07) is 0. The van der Waals surface area contributed by atoms with Crippen LogP contribution in [-0.4, -0.2) is 6.54 Å². The van der Waals surface area contributed by atoms with Crippen LogP contribution in [0.4, 0.5) is 0 Å². The number of rotatable bonds is 3. The summed E-state index contributed by atoms with van der Waals surface area (Å²) in [5.41, 5.74) is 3.73. The third-order valence-electron chi connectivity index (χ3n) is 2.28. The second-order valence-corrected chi connectivity index (χ2v) is 3.46. The summed E-state index contributed by atoms with van der Waals surface area (Å²) in [5.74, 6) is 0.514. The summed E-state index contributed by atoms with van der Waals surface area (Å²) in [6.07, 6.45) is 3.02. The third-order valence-corrected chi connectivity index (χ3v) is 2.28. The predicted octanol–water partition coefficient (Wildman–Crippen LogP) is 2.63. The van der Waals surface area contributed by atoms with E-state index >= 15 is 0 Å². The lowest BCUT2D eigenvalue weighted by Gasteiger charge is -2.12. The molecule has 0 unspecified atom stereocenters. The van der Waals surface area contributed by atoms with Gasteiger partial charge in [0, 0.05) is 12.2 Å². The molecule has 0 aliphatic carbocycles. The number of allylic oxidation sites excluding steroid dienone is 2. The molecule has 0 spiro atoms. The van der Waals surface area contributed by atoms with Crippen molar-refractivity contribution in [1.82, 2.24) is 5.32 Å². The Bertz CT molecular complexity index is 233.